The van der Waals surface area contributed by atoms with Crippen LogP contribution in [0.4, 0.5) is 10.5 Å². The molecule has 1 atom stereocenters. The molecule has 0 aliphatic carbocycles. The Balaban J connectivity index is 1.99. The number of nitrogens with one attached hydrogen (secondary N) is 2. The van der Waals surface area contributed by atoms with Crippen molar-refractivity contribution in [2.75, 3.05) is 5.32 Å². The van der Waals surface area contributed by atoms with E-state index >= 15 is 0 Å². The van der Waals surface area contributed by atoms with Gasteiger partial charge in [0.1, 0.15) is 0 Å². The third-order valence-corrected chi connectivity index (χ3v) is 3.55. The summed E-state index contributed by atoms with van der Waals surface area (Å²) < 4.78 is 1.03. The van der Waals surface area contributed by atoms with Crippen LogP contribution in [-0.2, 0) is 0 Å². The van der Waals surface area contributed by atoms with Crippen molar-refractivity contribution in [2.24, 2.45) is 0 Å². The number of anilines is 1. The first-order chi connectivity index (χ1) is 9.69. The van der Waals surface area contributed by atoms with E-state index in [-0.39, 0.29) is 12.1 Å². The van der Waals surface area contributed by atoms with Crippen LogP contribution < -0.4 is 10.6 Å². The Kier molecular flexibility index (Phi) is 5.18. The minimum atomic E-state index is -0.189. The van der Waals surface area contributed by atoms with Gasteiger partial charge < -0.3 is 10.6 Å². The van der Waals surface area contributed by atoms with Gasteiger partial charge in [-0.3, -0.25) is 0 Å². The molecular formula is C16H17BrN2O. The number of amides is 2. The quantitative estimate of drug-likeness (QED) is 0.835. The van der Waals surface area contributed by atoms with E-state index in [9.17, 15) is 4.79 Å². The molecule has 0 aliphatic heterocycles. The zero-order valence-electron chi connectivity index (χ0n) is 11.3. The van der Waals surface area contributed by atoms with Crippen molar-refractivity contribution >= 4 is 27.6 Å². The van der Waals surface area contributed by atoms with Gasteiger partial charge in [0.15, 0.2) is 0 Å². The molecular weight excluding hydrogens is 316 g/mol. The topological polar surface area (TPSA) is 41.1 Å². The van der Waals surface area contributed by atoms with Gasteiger partial charge >= 0.3 is 6.03 Å². The molecule has 0 aliphatic rings. The Morgan fingerprint density at radius 1 is 1.10 bits per heavy atom. The fraction of sp³-hybridized carbons (Fsp3) is 0.188. The predicted molar refractivity (Wildman–Crippen MR) is 85.8 cm³/mol. The molecule has 0 aromatic heterocycles. The van der Waals surface area contributed by atoms with E-state index in [0.29, 0.717) is 0 Å². The van der Waals surface area contributed by atoms with Gasteiger partial charge in [0.05, 0.1) is 6.04 Å². The van der Waals surface area contributed by atoms with Gasteiger partial charge in [0.25, 0.3) is 0 Å². The van der Waals surface area contributed by atoms with Gasteiger partial charge in [0.2, 0.25) is 0 Å². The van der Waals surface area contributed by atoms with Crippen LogP contribution in [0.2, 0.25) is 0 Å². The second-order valence-corrected chi connectivity index (χ2v) is 5.39. The van der Waals surface area contributed by atoms with E-state index in [1.165, 1.54) is 0 Å². The maximum Gasteiger partial charge on any atom is 0.319 e. The Hall–Kier alpha value is -1.81. The van der Waals surface area contributed by atoms with Crippen LogP contribution >= 0.6 is 15.9 Å². The Labute approximate surface area is 127 Å². The van der Waals surface area contributed by atoms with Crippen LogP contribution in [0.5, 0.6) is 0 Å². The summed E-state index contributed by atoms with van der Waals surface area (Å²) in [5.41, 5.74) is 1.88. The number of hydrogen-bond acceptors (Lipinski definition) is 1. The van der Waals surface area contributed by atoms with Crippen molar-refractivity contribution in [2.45, 2.75) is 19.4 Å². The standard InChI is InChI=1S/C16H17BrN2O/c1-2-15(12-8-10-13(17)11-9-12)19-16(20)18-14-6-4-3-5-7-14/h3-11,15H,2H2,1H3,(H2,18,19,20)/t15-/m1/s1. The molecule has 0 radical (unpaired) electrons. The van der Waals surface area contributed by atoms with E-state index in [1.807, 2.05) is 54.6 Å². The van der Waals surface area contributed by atoms with Gasteiger partial charge in [-0.05, 0) is 36.2 Å². The van der Waals surface area contributed by atoms with Crippen molar-refractivity contribution in [3.8, 4) is 0 Å². The number of halogens is 1. The molecule has 2 aromatic carbocycles. The number of urea groups is 1. The molecule has 0 fully saturated rings. The fourth-order valence-corrected chi connectivity index (χ4v) is 2.23. The van der Waals surface area contributed by atoms with Crippen molar-refractivity contribution < 1.29 is 4.79 Å². The highest BCUT2D eigenvalue weighted by Gasteiger charge is 2.12. The number of hydrogen-bond donors (Lipinski definition) is 2. The summed E-state index contributed by atoms with van der Waals surface area (Å²) in [6.07, 6.45) is 0.837. The lowest BCUT2D eigenvalue weighted by Gasteiger charge is -2.18. The third-order valence-electron chi connectivity index (χ3n) is 3.02. The normalized spacial score (nSPS) is 11.7. The predicted octanol–water partition coefficient (Wildman–Crippen LogP) is 4.72. The summed E-state index contributed by atoms with van der Waals surface area (Å²) in [5.74, 6) is 0. The zero-order chi connectivity index (χ0) is 14.4. The summed E-state index contributed by atoms with van der Waals surface area (Å²) in [5, 5.41) is 5.81. The Bertz CT molecular complexity index is 554. The minimum absolute atomic E-state index is 0.00631. The lowest BCUT2D eigenvalue weighted by molar-refractivity contribution is 0.248. The lowest BCUT2D eigenvalue weighted by atomic mass is 10.1. The Morgan fingerprint density at radius 2 is 1.75 bits per heavy atom. The van der Waals surface area contributed by atoms with Crippen LogP contribution in [0.1, 0.15) is 24.9 Å². The maximum atomic E-state index is 12.0. The number of carbonyl (C=O) groups excluding carboxylic acids is 1. The summed E-state index contributed by atoms with van der Waals surface area (Å²) in [6.45, 7) is 2.05. The highest BCUT2D eigenvalue weighted by molar-refractivity contribution is 9.10. The molecule has 2 N–H and O–H groups in total. The van der Waals surface area contributed by atoms with Crippen molar-refractivity contribution in [3.05, 3.63) is 64.6 Å². The zero-order valence-corrected chi connectivity index (χ0v) is 12.9. The highest BCUT2D eigenvalue weighted by Crippen LogP contribution is 2.19. The number of rotatable bonds is 4. The highest BCUT2D eigenvalue weighted by atomic mass is 79.9. The molecule has 0 saturated carbocycles. The summed E-state index contributed by atoms with van der Waals surface area (Å²) >= 11 is 3.41. The van der Waals surface area contributed by atoms with Crippen LogP contribution in [0, 0.1) is 0 Å². The Morgan fingerprint density at radius 3 is 2.35 bits per heavy atom. The first-order valence-electron chi connectivity index (χ1n) is 6.57. The van der Waals surface area contributed by atoms with Crippen molar-refractivity contribution in [1.29, 1.82) is 0 Å². The fourth-order valence-electron chi connectivity index (χ4n) is 1.96. The van der Waals surface area contributed by atoms with E-state index < -0.39 is 0 Å². The molecule has 0 spiro atoms. The van der Waals surface area contributed by atoms with Crippen LogP contribution in [-0.4, -0.2) is 6.03 Å². The molecule has 104 valence electrons. The first-order valence-corrected chi connectivity index (χ1v) is 7.36. The maximum absolute atomic E-state index is 12.0. The summed E-state index contributed by atoms with van der Waals surface area (Å²) in [6, 6.07) is 17.2. The third kappa shape index (κ3) is 4.10. The summed E-state index contributed by atoms with van der Waals surface area (Å²) in [4.78, 5) is 12.0. The first kappa shape index (κ1) is 14.6. The number of carbonyl (C=O) groups is 1. The van der Waals surface area contributed by atoms with Crippen LogP contribution in [0.15, 0.2) is 59.1 Å². The summed E-state index contributed by atoms with van der Waals surface area (Å²) in [7, 11) is 0. The van der Waals surface area contributed by atoms with Gasteiger partial charge in [-0.2, -0.15) is 0 Å². The molecule has 2 rings (SSSR count). The molecule has 0 unspecified atom stereocenters. The molecule has 4 heteroatoms. The molecule has 20 heavy (non-hydrogen) atoms. The molecule has 3 nitrogen and oxygen atoms in total. The molecule has 2 amide bonds. The van der Waals surface area contributed by atoms with E-state index in [2.05, 4.69) is 33.5 Å². The monoisotopic (exact) mass is 332 g/mol. The van der Waals surface area contributed by atoms with Gasteiger partial charge in [-0.15, -0.1) is 0 Å². The second kappa shape index (κ2) is 7.10. The molecule has 2 aromatic rings. The average Bonchev–Trinajstić information content (AvgIpc) is 2.47. The van der Waals surface area contributed by atoms with Crippen molar-refractivity contribution in [3.63, 3.8) is 0 Å². The molecule has 0 bridgehead atoms. The van der Waals surface area contributed by atoms with Gasteiger partial charge in [0, 0.05) is 10.2 Å². The second-order valence-electron chi connectivity index (χ2n) is 4.48. The number of para-hydroxylation sites is 1. The van der Waals surface area contributed by atoms with Gasteiger partial charge in [-0.1, -0.05) is 53.2 Å². The van der Waals surface area contributed by atoms with E-state index in [0.717, 1.165) is 22.1 Å². The molecule has 0 heterocycles. The van der Waals surface area contributed by atoms with Crippen LogP contribution in [0.25, 0.3) is 0 Å². The lowest BCUT2D eigenvalue weighted by Crippen LogP contribution is -2.32. The molecule has 0 saturated heterocycles. The SMILES string of the molecule is CC[C@@H](NC(=O)Nc1ccccc1)c1ccc(Br)cc1. The van der Waals surface area contributed by atoms with E-state index in [1.54, 1.807) is 0 Å². The number of benzene rings is 2. The minimum Gasteiger partial charge on any atom is -0.331 e. The largest absolute Gasteiger partial charge is 0.331 e. The van der Waals surface area contributed by atoms with Crippen molar-refractivity contribution in [1.82, 2.24) is 5.32 Å². The van der Waals surface area contributed by atoms with E-state index in [4.69, 9.17) is 0 Å². The average molecular weight is 333 g/mol. The smallest absolute Gasteiger partial charge is 0.319 e. The van der Waals surface area contributed by atoms with Crippen LogP contribution in [0.3, 0.4) is 0 Å². The van der Waals surface area contributed by atoms with Gasteiger partial charge in [-0.25, -0.2) is 4.79 Å².